The minimum atomic E-state index is -2.90. The zero-order valence-electron chi connectivity index (χ0n) is 15.1. The van der Waals surface area contributed by atoms with Gasteiger partial charge in [0.15, 0.2) is 0 Å². The number of halogens is 2. The van der Waals surface area contributed by atoms with Crippen LogP contribution in [0.4, 0.5) is 8.78 Å². The molecule has 1 fully saturated rings. The molecule has 1 aromatic carbocycles. The number of rotatable bonds is 7. The lowest BCUT2D eigenvalue weighted by molar-refractivity contribution is -0.0494. The summed E-state index contributed by atoms with van der Waals surface area (Å²) < 4.78 is 35.0. The molecule has 6 nitrogen and oxygen atoms in total. The van der Waals surface area contributed by atoms with Crippen LogP contribution in [0.15, 0.2) is 46.3 Å². The van der Waals surface area contributed by atoms with Crippen LogP contribution in [-0.4, -0.2) is 52.7 Å². The third-order valence-corrected chi connectivity index (χ3v) is 5.46. The number of alkyl halides is 2. The van der Waals surface area contributed by atoms with Crippen LogP contribution < -0.4 is 4.74 Å². The first-order chi connectivity index (χ1) is 13.7. The molecule has 0 atom stereocenters. The van der Waals surface area contributed by atoms with Gasteiger partial charge in [-0.25, -0.2) is 0 Å². The maximum Gasteiger partial charge on any atom is 0.387 e. The Bertz CT molecular complexity index is 880. The number of piperazine rings is 1. The van der Waals surface area contributed by atoms with Gasteiger partial charge in [0, 0.05) is 37.6 Å². The van der Waals surface area contributed by atoms with Crippen molar-refractivity contribution in [3.05, 3.63) is 52.5 Å². The van der Waals surface area contributed by atoms with Crippen molar-refractivity contribution < 1.29 is 18.0 Å². The predicted octanol–water partition coefficient (Wildman–Crippen LogP) is 3.72. The average Bonchev–Trinajstić information content (AvgIpc) is 3.35. The number of benzene rings is 1. The highest BCUT2D eigenvalue weighted by atomic mass is 32.1. The molecule has 0 radical (unpaired) electrons. The lowest BCUT2D eigenvalue weighted by Gasteiger charge is -2.33. The van der Waals surface area contributed by atoms with E-state index in [1.807, 2.05) is 0 Å². The Kier molecular flexibility index (Phi) is 5.94. The van der Waals surface area contributed by atoms with Crippen LogP contribution in [-0.2, 0) is 13.1 Å². The summed E-state index contributed by atoms with van der Waals surface area (Å²) in [5.74, 6) is 0.753. The molecule has 148 valence electrons. The van der Waals surface area contributed by atoms with Crippen molar-refractivity contribution in [1.29, 1.82) is 0 Å². The first-order valence-electron chi connectivity index (χ1n) is 9.01. The Labute approximate surface area is 165 Å². The van der Waals surface area contributed by atoms with Crippen molar-refractivity contribution in [2.24, 2.45) is 0 Å². The highest BCUT2D eigenvalue weighted by Gasteiger charge is 2.21. The Morgan fingerprint density at radius 2 is 1.79 bits per heavy atom. The van der Waals surface area contributed by atoms with E-state index < -0.39 is 6.61 Å². The SMILES string of the molecule is FC(F)Oc1ccccc1-c1noc(CN2CCN(Cc3cccs3)CC2)n1. The van der Waals surface area contributed by atoms with Crippen LogP contribution in [0.1, 0.15) is 10.8 Å². The van der Waals surface area contributed by atoms with Crippen molar-refractivity contribution in [3.8, 4) is 17.1 Å². The Morgan fingerprint density at radius 1 is 1.04 bits per heavy atom. The topological polar surface area (TPSA) is 54.6 Å². The fourth-order valence-corrected chi connectivity index (χ4v) is 3.94. The molecule has 4 rings (SSSR count). The lowest BCUT2D eigenvalue weighted by atomic mass is 10.2. The van der Waals surface area contributed by atoms with E-state index in [9.17, 15) is 8.78 Å². The molecule has 0 N–H and O–H groups in total. The molecule has 28 heavy (non-hydrogen) atoms. The van der Waals surface area contributed by atoms with Crippen LogP contribution in [0.3, 0.4) is 0 Å². The predicted molar refractivity (Wildman–Crippen MR) is 101 cm³/mol. The standard InChI is InChI=1S/C19H20F2N4O2S/c20-19(21)26-16-6-2-1-5-15(16)18-22-17(27-23-18)13-25-9-7-24(8-10-25)12-14-4-3-11-28-14/h1-6,11,19H,7-10,12-13H2. The normalized spacial score (nSPS) is 16.0. The number of nitrogens with zero attached hydrogens (tertiary/aromatic N) is 4. The lowest BCUT2D eigenvalue weighted by Crippen LogP contribution is -2.45. The molecule has 2 aromatic heterocycles. The third-order valence-electron chi connectivity index (χ3n) is 4.60. The molecule has 9 heteroatoms. The van der Waals surface area contributed by atoms with Crippen LogP contribution in [0.2, 0.25) is 0 Å². The van der Waals surface area contributed by atoms with Gasteiger partial charge in [0.2, 0.25) is 11.7 Å². The van der Waals surface area contributed by atoms with E-state index in [0.29, 0.717) is 18.0 Å². The summed E-state index contributed by atoms with van der Waals surface area (Å²) in [5.41, 5.74) is 0.388. The number of aromatic nitrogens is 2. The fraction of sp³-hybridized carbons (Fsp3) is 0.368. The van der Waals surface area contributed by atoms with E-state index in [2.05, 4.69) is 42.2 Å². The molecule has 0 aliphatic carbocycles. The quantitative estimate of drug-likeness (QED) is 0.596. The zero-order chi connectivity index (χ0) is 19.3. The van der Waals surface area contributed by atoms with Gasteiger partial charge in [-0.2, -0.15) is 13.8 Å². The van der Waals surface area contributed by atoms with Crippen molar-refractivity contribution in [1.82, 2.24) is 19.9 Å². The minimum absolute atomic E-state index is 0.0343. The van der Waals surface area contributed by atoms with Gasteiger partial charge in [-0.3, -0.25) is 9.80 Å². The van der Waals surface area contributed by atoms with E-state index in [-0.39, 0.29) is 11.6 Å². The maximum absolute atomic E-state index is 12.6. The molecule has 3 heterocycles. The second-order valence-corrected chi connectivity index (χ2v) is 7.55. The highest BCUT2D eigenvalue weighted by Crippen LogP contribution is 2.29. The van der Waals surface area contributed by atoms with Crippen molar-refractivity contribution in [2.45, 2.75) is 19.7 Å². The smallest absolute Gasteiger partial charge is 0.387 e. The van der Waals surface area contributed by atoms with Crippen molar-refractivity contribution in [2.75, 3.05) is 26.2 Å². The van der Waals surface area contributed by atoms with Crippen LogP contribution in [0, 0.1) is 0 Å². The average molecular weight is 406 g/mol. The Hall–Kier alpha value is -2.36. The molecule has 3 aromatic rings. The van der Waals surface area contributed by atoms with Gasteiger partial charge in [-0.15, -0.1) is 11.3 Å². The second-order valence-electron chi connectivity index (χ2n) is 6.52. The number of ether oxygens (including phenoxy) is 1. The first kappa shape index (κ1) is 19.0. The van der Waals surface area contributed by atoms with Gasteiger partial charge < -0.3 is 9.26 Å². The summed E-state index contributed by atoms with van der Waals surface area (Å²) in [6.45, 7) is 2.39. The number of hydrogen-bond donors (Lipinski definition) is 0. The first-order valence-corrected chi connectivity index (χ1v) is 9.89. The van der Waals surface area contributed by atoms with Gasteiger partial charge in [-0.1, -0.05) is 23.4 Å². The van der Waals surface area contributed by atoms with Gasteiger partial charge in [0.25, 0.3) is 0 Å². The highest BCUT2D eigenvalue weighted by molar-refractivity contribution is 7.09. The van der Waals surface area contributed by atoms with E-state index in [0.717, 1.165) is 32.7 Å². The molecule has 1 aliphatic heterocycles. The number of para-hydroxylation sites is 1. The summed E-state index contributed by atoms with van der Waals surface area (Å²) in [6.07, 6.45) is 0. The second kappa shape index (κ2) is 8.76. The van der Waals surface area contributed by atoms with E-state index in [1.54, 1.807) is 29.5 Å². The van der Waals surface area contributed by atoms with E-state index in [4.69, 9.17) is 4.52 Å². The number of thiophene rings is 1. The molecule has 1 aliphatic rings. The van der Waals surface area contributed by atoms with Crippen molar-refractivity contribution in [3.63, 3.8) is 0 Å². The summed E-state index contributed by atoms with van der Waals surface area (Å²) in [5, 5.41) is 6.04. The number of hydrogen-bond acceptors (Lipinski definition) is 7. The molecule has 0 saturated carbocycles. The van der Waals surface area contributed by atoms with Crippen molar-refractivity contribution >= 4 is 11.3 Å². The van der Waals surface area contributed by atoms with Gasteiger partial charge in [0.05, 0.1) is 12.1 Å². The van der Waals surface area contributed by atoms with Crippen LogP contribution in [0.25, 0.3) is 11.4 Å². The molecular weight excluding hydrogens is 386 g/mol. The molecule has 0 bridgehead atoms. The van der Waals surface area contributed by atoms with Gasteiger partial charge >= 0.3 is 6.61 Å². The summed E-state index contributed by atoms with van der Waals surface area (Å²) in [6, 6.07) is 10.7. The minimum Gasteiger partial charge on any atom is -0.434 e. The zero-order valence-corrected chi connectivity index (χ0v) is 15.9. The van der Waals surface area contributed by atoms with Gasteiger partial charge in [-0.05, 0) is 23.6 Å². The Morgan fingerprint density at radius 3 is 2.50 bits per heavy atom. The summed E-state index contributed by atoms with van der Waals surface area (Å²) in [7, 11) is 0. The van der Waals surface area contributed by atoms with E-state index >= 15 is 0 Å². The van der Waals surface area contributed by atoms with Gasteiger partial charge in [0.1, 0.15) is 5.75 Å². The monoisotopic (exact) mass is 406 g/mol. The maximum atomic E-state index is 12.6. The van der Waals surface area contributed by atoms with Crippen LogP contribution >= 0.6 is 11.3 Å². The van der Waals surface area contributed by atoms with Crippen LogP contribution in [0.5, 0.6) is 5.75 Å². The molecular formula is C19H20F2N4O2S. The molecule has 1 saturated heterocycles. The molecule has 0 amide bonds. The summed E-state index contributed by atoms with van der Waals surface area (Å²) >= 11 is 1.78. The largest absolute Gasteiger partial charge is 0.434 e. The molecule has 0 unspecified atom stereocenters. The Balaban J connectivity index is 1.35. The molecule has 0 spiro atoms. The third kappa shape index (κ3) is 4.73. The fourth-order valence-electron chi connectivity index (χ4n) is 3.20. The van der Waals surface area contributed by atoms with E-state index in [1.165, 1.54) is 10.9 Å². The summed E-state index contributed by atoms with van der Waals surface area (Å²) in [4.78, 5) is 10.4.